The molecule has 0 bridgehead atoms. The predicted molar refractivity (Wildman–Crippen MR) is 111 cm³/mol. The van der Waals surface area contributed by atoms with Gasteiger partial charge in [0.05, 0.1) is 24.9 Å². The normalized spacial score (nSPS) is 13.6. The van der Waals surface area contributed by atoms with Crippen molar-refractivity contribution in [3.63, 3.8) is 0 Å². The highest BCUT2D eigenvalue weighted by Gasteiger charge is 2.24. The van der Waals surface area contributed by atoms with Crippen molar-refractivity contribution < 1.29 is 14.3 Å². The molecule has 0 spiro atoms. The fourth-order valence-electron chi connectivity index (χ4n) is 2.89. The van der Waals surface area contributed by atoms with Crippen LogP contribution in [0.5, 0.6) is 11.5 Å². The zero-order valence-corrected chi connectivity index (χ0v) is 17.7. The Morgan fingerprint density at radius 3 is 2.79 bits per heavy atom. The first kappa shape index (κ1) is 20.5. The van der Waals surface area contributed by atoms with Gasteiger partial charge in [-0.3, -0.25) is 4.79 Å². The monoisotopic (exact) mass is 405 g/mol. The number of aryl methyl sites for hydroxylation is 1. The van der Waals surface area contributed by atoms with Crippen LogP contribution in [0.1, 0.15) is 49.0 Å². The van der Waals surface area contributed by atoms with Gasteiger partial charge in [0.1, 0.15) is 5.82 Å². The molecule has 1 aromatic carbocycles. The summed E-state index contributed by atoms with van der Waals surface area (Å²) in [5.41, 5.74) is 1.34. The van der Waals surface area contributed by atoms with Crippen molar-refractivity contribution in [3.8, 4) is 11.5 Å². The van der Waals surface area contributed by atoms with E-state index in [1.165, 1.54) is 20.0 Å². The molecule has 1 saturated carbocycles. The Morgan fingerprint density at radius 1 is 1.39 bits per heavy atom. The van der Waals surface area contributed by atoms with Gasteiger partial charge >= 0.3 is 0 Å². The molecule has 0 radical (unpaired) electrons. The molecule has 0 atom stereocenters. The second-order valence-corrected chi connectivity index (χ2v) is 8.18. The highest BCUT2D eigenvalue weighted by molar-refractivity contribution is 6.32. The van der Waals surface area contributed by atoms with E-state index in [1.807, 2.05) is 11.6 Å². The first-order chi connectivity index (χ1) is 13.4. The zero-order chi connectivity index (χ0) is 20.3. The SMILES string of the molecule is COc1cc(C(=O)Nc2c(C)cnn2CC2CC2)cc(Cl)c1OCCC(C)C. The maximum atomic E-state index is 12.8. The lowest BCUT2D eigenvalue weighted by atomic mass is 10.1. The van der Waals surface area contributed by atoms with Crippen LogP contribution in [-0.2, 0) is 6.54 Å². The molecule has 3 rings (SSSR count). The molecule has 1 N–H and O–H groups in total. The fraction of sp³-hybridized carbons (Fsp3) is 0.524. The predicted octanol–water partition coefficient (Wildman–Crippen LogP) is 4.94. The topological polar surface area (TPSA) is 65.4 Å². The average molecular weight is 406 g/mol. The van der Waals surface area contributed by atoms with Gasteiger partial charge in [0.15, 0.2) is 11.5 Å². The number of carbonyl (C=O) groups excluding carboxylic acids is 1. The third-order valence-electron chi connectivity index (χ3n) is 4.82. The second kappa shape index (κ2) is 8.86. The molecule has 1 aliphatic carbocycles. The van der Waals surface area contributed by atoms with Gasteiger partial charge in [-0.05, 0) is 50.2 Å². The van der Waals surface area contributed by atoms with Crippen molar-refractivity contribution >= 4 is 23.3 Å². The molecule has 0 unspecified atom stereocenters. The molecule has 1 aliphatic rings. The van der Waals surface area contributed by atoms with E-state index in [0.29, 0.717) is 40.5 Å². The molecule has 1 fully saturated rings. The molecular formula is C21H28ClN3O3. The maximum absolute atomic E-state index is 12.8. The van der Waals surface area contributed by atoms with Crippen molar-refractivity contribution in [3.05, 3.63) is 34.5 Å². The summed E-state index contributed by atoms with van der Waals surface area (Å²) in [6.07, 6.45) is 5.12. The van der Waals surface area contributed by atoms with Gasteiger partial charge in [-0.25, -0.2) is 4.68 Å². The second-order valence-electron chi connectivity index (χ2n) is 7.78. The fourth-order valence-corrected chi connectivity index (χ4v) is 3.16. The van der Waals surface area contributed by atoms with Gasteiger partial charge in [-0.15, -0.1) is 0 Å². The van der Waals surface area contributed by atoms with E-state index in [0.717, 1.165) is 24.3 Å². The van der Waals surface area contributed by atoms with Crippen molar-refractivity contribution in [1.82, 2.24) is 9.78 Å². The number of amides is 1. The highest BCUT2D eigenvalue weighted by Crippen LogP contribution is 2.37. The van der Waals surface area contributed by atoms with Gasteiger partial charge in [0.2, 0.25) is 0 Å². The smallest absolute Gasteiger partial charge is 0.257 e. The van der Waals surface area contributed by atoms with Gasteiger partial charge in [-0.2, -0.15) is 5.10 Å². The average Bonchev–Trinajstić information content (AvgIpc) is 3.41. The number of nitrogens with zero attached hydrogens (tertiary/aromatic N) is 2. The van der Waals surface area contributed by atoms with E-state index >= 15 is 0 Å². The summed E-state index contributed by atoms with van der Waals surface area (Å²) in [5.74, 6) is 2.57. The van der Waals surface area contributed by atoms with Crippen LogP contribution in [0, 0.1) is 18.8 Å². The number of nitrogens with one attached hydrogen (secondary N) is 1. The van der Waals surface area contributed by atoms with Gasteiger partial charge in [-0.1, -0.05) is 25.4 Å². The molecule has 152 valence electrons. The number of ether oxygens (including phenoxy) is 2. The number of anilines is 1. The Morgan fingerprint density at radius 2 is 2.14 bits per heavy atom. The summed E-state index contributed by atoms with van der Waals surface area (Å²) < 4.78 is 13.1. The lowest BCUT2D eigenvalue weighted by Crippen LogP contribution is -2.17. The number of methoxy groups -OCH3 is 1. The van der Waals surface area contributed by atoms with Crippen LogP contribution in [0.2, 0.25) is 5.02 Å². The molecule has 1 aromatic heterocycles. The summed E-state index contributed by atoms with van der Waals surface area (Å²) in [5, 5.41) is 7.72. The van der Waals surface area contributed by atoms with Crippen LogP contribution < -0.4 is 14.8 Å². The molecular weight excluding hydrogens is 378 g/mol. The van der Waals surface area contributed by atoms with Crippen LogP contribution in [-0.4, -0.2) is 29.4 Å². The van der Waals surface area contributed by atoms with Crippen molar-refractivity contribution in [2.45, 2.75) is 46.6 Å². The molecule has 0 saturated heterocycles. The van der Waals surface area contributed by atoms with Crippen LogP contribution >= 0.6 is 11.6 Å². The van der Waals surface area contributed by atoms with Gasteiger partial charge < -0.3 is 14.8 Å². The molecule has 1 amide bonds. The lowest BCUT2D eigenvalue weighted by molar-refractivity contribution is 0.102. The van der Waals surface area contributed by atoms with E-state index in [4.69, 9.17) is 21.1 Å². The zero-order valence-electron chi connectivity index (χ0n) is 16.9. The minimum absolute atomic E-state index is 0.255. The molecule has 28 heavy (non-hydrogen) atoms. The molecule has 1 heterocycles. The standard InChI is InChI=1S/C21H28ClN3O3/c1-13(2)7-8-28-19-17(22)9-16(10-18(19)27-4)21(26)24-20-14(3)11-23-25(20)12-15-5-6-15/h9-11,13,15H,5-8,12H2,1-4H3,(H,24,26). The number of hydrogen-bond acceptors (Lipinski definition) is 4. The minimum atomic E-state index is -0.255. The summed E-state index contributed by atoms with van der Waals surface area (Å²) in [4.78, 5) is 12.8. The summed E-state index contributed by atoms with van der Waals surface area (Å²) >= 11 is 6.39. The van der Waals surface area contributed by atoms with E-state index in [2.05, 4.69) is 24.3 Å². The number of benzene rings is 1. The van der Waals surface area contributed by atoms with Crippen LogP contribution in [0.25, 0.3) is 0 Å². The Balaban J connectivity index is 1.76. The molecule has 2 aromatic rings. The van der Waals surface area contributed by atoms with E-state index in [1.54, 1.807) is 18.3 Å². The third kappa shape index (κ3) is 4.98. The number of hydrogen-bond donors (Lipinski definition) is 1. The summed E-state index contributed by atoms with van der Waals surface area (Å²) in [6, 6.07) is 3.27. The van der Waals surface area contributed by atoms with Crippen LogP contribution in [0.15, 0.2) is 18.3 Å². The van der Waals surface area contributed by atoms with Crippen LogP contribution in [0.4, 0.5) is 5.82 Å². The van der Waals surface area contributed by atoms with Gasteiger partial charge in [0, 0.05) is 17.7 Å². The van der Waals surface area contributed by atoms with E-state index in [-0.39, 0.29) is 5.91 Å². The Labute approximate surface area is 171 Å². The highest BCUT2D eigenvalue weighted by atomic mass is 35.5. The van der Waals surface area contributed by atoms with Crippen molar-refractivity contribution in [1.29, 1.82) is 0 Å². The molecule has 7 heteroatoms. The first-order valence-electron chi connectivity index (χ1n) is 9.73. The lowest BCUT2D eigenvalue weighted by Gasteiger charge is -2.15. The number of halogens is 1. The summed E-state index contributed by atoms with van der Waals surface area (Å²) in [7, 11) is 1.54. The Hall–Kier alpha value is -2.21. The Bertz CT molecular complexity index is 844. The third-order valence-corrected chi connectivity index (χ3v) is 5.10. The van der Waals surface area contributed by atoms with Crippen LogP contribution in [0.3, 0.4) is 0 Å². The van der Waals surface area contributed by atoms with Gasteiger partial charge in [0.25, 0.3) is 5.91 Å². The summed E-state index contributed by atoms with van der Waals surface area (Å²) in [6.45, 7) is 7.57. The number of rotatable bonds is 9. The minimum Gasteiger partial charge on any atom is -0.493 e. The quantitative estimate of drug-likeness (QED) is 0.641. The first-order valence-corrected chi connectivity index (χ1v) is 10.1. The Kier molecular flexibility index (Phi) is 6.50. The van der Waals surface area contributed by atoms with E-state index < -0.39 is 0 Å². The van der Waals surface area contributed by atoms with Crippen molar-refractivity contribution in [2.75, 3.05) is 19.0 Å². The maximum Gasteiger partial charge on any atom is 0.257 e. The van der Waals surface area contributed by atoms with Crippen molar-refractivity contribution in [2.24, 2.45) is 11.8 Å². The number of carbonyl (C=O) groups is 1. The van der Waals surface area contributed by atoms with E-state index in [9.17, 15) is 4.79 Å². The number of aromatic nitrogens is 2. The molecule has 0 aliphatic heterocycles. The largest absolute Gasteiger partial charge is 0.493 e. The molecule has 6 nitrogen and oxygen atoms in total.